The number of carbonyl (C=O) groups is 1. The zero-order valence-electron chi connectivity index (χ0n) is 9.50. The maximum absolute atomic E-state index is 10.0. The van der Waals surface area contributed by atoms with Crippen LogP contribution in [0.2, 0.25) is 0 Å². The van der Waals surface area contributed by atoms with Crippen LogP contribution in [0.5, 0.6) is 0 Å². The van der Waals surface area contributed by atoms with Crippen molar-refractivity contribution in [1.29, 1.82) is 0 Å². The molecular weight excluding hydrogens is 172 g/mol. The molecular formula is C13H24O. The second-order valence-corrected chi connectivity index (χ2v) is 3.77. The summed E-state index contributed by atoms with van der Waals surface area (Å²) in [5.41, 5.74) is 0. The van der Waals surface area contributed by atoms with Gasteiger partial charge in [-0.2, -0.15) is 0 Å². The Morgan fingerprint density at radius 1 is 0.786 bits per heavy atom. The quantitative estimate of drug-likeness (QED) is 0.290. The van der Waals surface area contributed by atoms with Gasteiger partial charge in [-0.25, -0.2) is 0 Å². The largest absolute Gasteiger partial charge is 0.303 e. The second kappa shape index (κ2) is 12.4. The summed E-state index contributed by atoms with van der Waals surface area (Å²) in [7, 11) is 0. The predicted octanol–water partition coefficient (Wildman–Crippen LogP) is 4.27. The number of aldehydes is 1. The molecule has 0 aromatic rings. The molecule has 14 heavy (non-hydrogen) atoms. The van der Waals surface area contributed by atoms with Gasteiger partial charge < -0.3 is 4.79 Å². The first-order chi connectivity index (χ1) is 6.91. The molecule has 82 valence electrons. The smallest absolute Gasteiger partial charge is 0.119 e. The highest BCUT2D eigenvalue weighted by Gasteiger charge is 1.89. The van der Waals surface area contributed by atoms with Crippen LogP contribution in [0.3, 0.4) is 0 Å². The van der Waals surface area contributed by atoms with Gasteiger partial charge in [-0.1, -0.05) is 44.8 Å². The van der Waals surface area contributed by atoms with Gasteiger partial charge in [-0.15, -0.1) is 0 Å². The SMILES string of the molecule is CCCC=CCCCCCCCC=O. The molecule has 0 aliphatic rings. The Balaban J connectivity index is 2.95. The van der Waals surface area contributed by atoms with E-state index >= 15 is 0 Å². The molecule has 1 nitrogen and oxygen atoms in total. The van der Waals surface area contributed by atoms with E-state index in [1.807, 2.05) is 0 Å². The van der Waals surface area contributed by atoms with Crippen LogP contribution in [-0.4, -0.2) is 6.29 Å². The molecule has 0 atom stereocenters. The molecule has 1 heteroatoms. The van der Waals surface area contributed by atoms with Crippen LogP contribution in [0, 0.1) is 0 Å². The van der Waals surface area contributed by atoms with E-state index in [1.165, 1.54) is 44.9 Å². The molecule has 0 saturated carbocycles. The first kappa shape index (κ1) is 13.4. The van der Waals surface area contributed by atoms with E-state index in [9.17, 15) is 4.79 Å². The van der Waals surface area contributed by atoms with Gasteiger partial charge >= 0.3 is 0 Å². The van der Waals surface area contributed by atoms with E-state index < -0.39 is 0 Å². The molecule has 0 aliphatic heterocycles. The number of rotatable bonds is 10. The van der Waals surface area contributed by atoms with Crippen LogP contribution in [0.25, 0.3) is 0 Å². The monoisotopic (exact) mass is 196 g/mol. The third kappa shape index (κ3) is 11.4. The first-order valence-corrected chi connectivity index (χ1v) is 6.00. The Hall–Kier alpha value is -0.590. The van der Waals surface area contributed by atoms with Gasteiger partial charge in [0, 0.05) is 6.42 Å². The highest BCUT2D eigenvalue weighted by Crippen LogP contribution is 2.07. The lowest BCUT2D eigenvalue weighted by Gasteiger charge is -1.97. The van der Waals surface area contributed by atoms with Gasteiger partial charge in [0.15, 0.2) is 0 Å². The summed E-state index contributed by atoms with van der Waals surface area (Å²) in [4.78, 5) is 10.0. The minimum atomic E-state index is 0.746. The summed E-state index contributed by atoms with van der Waals surface area (Å²) in [6, 6.07) is 0. The van der Waals surface area contributed by atoms with Crippen molar-refractivity contribution in [3.63, 3.8) is 0 Å². The summed E-state index contributed by atoms with van der Waals surface area (Å²) in [5.74, 6) is 0. The molecule has 0 radical (unpaired) electrons. The van der Waals surface area contributed by atoms with Crippen LogP contribution < -0.4 is 0 Å². The minimum absolute atomic E-state index is 0.746. The second-order valence-electron chi connectivity index (χ2n) is 3.77. The van der Waals surface area contributed by atoms with E-state index in [0.29, 0.717) is 0 Å². The molecule has 0 N–H and O–H groups in total. The van der Waals surface area contributed by atoms with Crippen LogP contribution >= 0.6 is 0 Å². The summed E-state index contributed by atoms with van der Waals surface area (Å²) < 4.78 is 0. The van der Waals surface area contributed by atoms with Gasteiger partial charge in [0.1, 0.15) is 6.29 Å². The molecule has 0 amide bonds. The fourth-order valence-corrected chi connectivity index (χ4v) is 1.42. The summed E-state index contributed by atoms with van der Waals surface area (Å²) >= 11 is 0. The van der Waals surface area contributed by atoms with Crippen molar-refractivity contribution >= 4 is 6.29 Å². The Kier molecular flexibility index (Phi) is 11.9. The number of hydrogen-bond donors (Lipinski definition) is 0. The van der Waals surface area contributed by atoms with Crippen LogP contribution in [0.4, 0.5) is 0 Å². The van der Waals surface area contributed by atoms with E-state index in [0.717, 1.165) is 19.1 Å². The van der Waals surface area contributed by atoms with Crippen LogP contribution in [0.1, 0.15) is 64.7 Å². The number of carbonyl (C=O) groups excluding carboxylic acids is 1. The van der Waals surface area contributed by atoms with Crippen molar-refractivity contribution < 1.29 is 4.79 Å². The zero-order chi connectivity index (χ0) is 10.5. The molecule has 0 spiro atoms. The number of hydrogen-bond acceptors (Lipinski definition) is 1. The maximum Gasteiger partial charge on any atom is 0.119 e. The normalized spacial score (nSPS) is 10.9. The van der Waals surface area contributed by atoms with Crippen molar-refractivity contribution in [1.82, 2.24) is 0 Å². The summed E-state index contributed by atoms with van der Waals surface area (Å²) in [6.07, 6.45) is 16.3. The number of unbranched alkanes of at least 4 members (excludes halogenated alkanes) is 7. The lowest BCUT2D eigenvalue weighted by molar-refractivity contribution is -0.107. The fraction of sp³-hybridized carbons (Fsp3) is 0.769. The lowest BCUT2D eigenvalue weighted by Crippen LogP contribution is -1.80. The Morgan fingerprint density at radius 3 is 2.00 bits per heavy atom. The highest BCUT2D eigenvalue weighted by atomic mass is 16.1. The average Bonchev–Trinajstić information content (AvgIpc) is 2.21. The first-order valence-electron chi connectivity index (χ1n) is 6.00. The molecule has 0 aromatic carbocycles. The van der Waals surface area contributed by atoms with Crippen molar-refractivity contribution in [2.24, 2.45) is 0 Å². The molecule has 0 bridgehead atoms. The van der Waals surface area contributed by atoms with Gasteiger partial charge in [-0.3, -0.25) is 0 Å². The van der Waals surface area contributed by atoms with E-state index in [4.69, 9.17) is 0 Å². The predicted molar refractivity (Wildman–Crippen MR) is 62.4 cm³/mol. The molecule has 0 rings (SSSR count). The molecule has 0 aromatic heterocycles. The van der Waals surface area contributed by atoms with E-state index in [-0.39, 0.29) is 0 Å². The molecule has 0 aliphatic carbocycles. The standard InChI is InChI=1S/C13H24O/c1-2-3-4-5-6-7-8-9-10-11-12-13-14/h4-5,13H,2-3,6-12H2,1H3. The van der Waals surface area contributed by atoms with Crippen molar-refractivity contribution in [3.05, 3.63) is 12.2 Å². The van der Waals surface area contributed by atoms with Gasteiger partial charge in [0.2, 0.25) is 0 Å². The van der Waals surface area contributed by atoms with E-state index in [2.05, 4.69) is 19.1 Å². The van der Waals surface area contributed by atoms with E-state index in [1.54, 1.807) is 0 Å². The Bertz CT molecular complexity index is 138. The zero-order valence-corrected chi connectivity index (χ0v) is 9.50. The fourth-order valence-electron chi connectivity index (χ4n) is 1.42. The van der Waals surface area contributed by atoms with Crippen LogP contribution in [-0.2, 0) is 4.79 Å². The molecule has 0 unspecified atom stereocenters. The third-order valence-electron chi connectivity index (χ3n) is 2.31. The topological polar surface area (TPSA) is 17.1 Å². The Morgan fingerprint density at radius 2 is 1.36 bits per heavy atom. The van der Waals surface area contributed by atoms with Gasteiger partial charge in [-0.05, 0) is 25.7 Å². The molecule has 0 heterocycles. The molecule has 0 fully saturated rings. The molecule has 0 saturated heterocycles. The minimum Gasteiger partial charge on any atom is -0.303 e. The maximum atomic E-state index is 10.0. The Labute approximate surface area is 88.6 Å². The van der Waals surface area contributed by atoms with Gasteiger partial charge in [0.25, 0.3) is 0 Å². The van der Waals surface area contributed by atoms with Crippen molar-refractivity contribution in [2.75, 3.05) is 0 Å². The van der Waals surface area contributed by atoms with Crippen LogP contribution in [0.15, 0.2) is 12.2 Å². The van der Waals surface area contributed by atoms with Crippen molar-refractivity contribution in [2.45, 2.75) is 64.7 Å². The van der Waals surface area contributed by atoms with Crippen molar-refractivity contribution in [3.8, 4) is 0 Å². The highest BCUT2D eigenvalue weighted by molar-refractivity contribution is 5.48. The average molecular weight is 196 g/mol. The number of allylic oxidation sites excluding steroid dienone is 2. The summed E-state index contributed by atoms with van der Waals surface area (Å²) in [6.45, 7) is 2.21. The third-order valence-corrected chi connectivity index (χ3v) is 2.31. The lowest BCUT2D eigenvalue weighted by atomic mass is 10.1. The summed E-state index contributed by atoms with van der Waals surface area (Å²) in [5, 5.41) is 0. The van der Waals surface area contributed by atoms with Gasteiger partial charge in [0.05, 0.1) is 0 Å².